The van der Waals surface area contributed by atoms with Crippen molar-refractivity contribution < 1.29 is 22.3 Å². The van der Waals surface area contributed by atoms with Gasteiger partial charge in [0.15, 0.2) is 5.78 Å². The van der Waals surface area contributed by atoms with E-state index in [-0.39, 0.29) is 29.6 Å². The first-order valence-electron chi connectivity index (χ1n) is 15.2. The third-order valence-corrected chi connectivity index (χ3v) is 10.9. The lowest BCUT2D eigenvalue weighted by atomic mass is 9.82. The van der Waals surface area contributed by atoms with Crippen LogP contribution < -0.4 is 15.8 Å². The van der Waals surface area contributed by atoms with Crippen molar-refractivity contribution in [2.24, 2.45) is 5.73 Å². The van der Waals surface area contributed by atoms with Crippen molar-refractivity contribution in [3.63, 3.8) is 0 Å². The first kappa shape index (κ1) is 33.7. The highest BCUT2D eigenvalue weighted by Crippen LogP contribution is 2.31. The summed E-state index contributed by atoms with van der Waals surface area (Å²) in [5.74, 6) is -0.821. The minimum Gasteiger partial charge on any atom is -0.481 e. The number of ether oxygens (including phenoxy) is 1. The molecule has 2 heterocycles. The van der Waals surface area contributed by atoms with Gasteiger partial charge in [0.2, 0.25) is 15.9 Å². The highest BCUT2D eigenvalue weighted by Gasteiger charge is 2.38. The van der Waals surface area contributed by atoms with Crippen molar-refractivity contribution in [1.29, 1.82) is 0 Å². The molecule has 11 heteroatoms. The van der Waals surface area contributed by atoms with Gasteiger partial charge in [0.1, 0.15) is 5.82 Å². The van der Waals surface area contributed by atoms with Crippen molar-refractivity contribution in [2.45, 2.75) is 55.1 Å². The maximum absolute atomic E-state index is 15.4. The Morgan fingerprint density at radius 1 is 1.04 bits per heavy atom. The lowest BCUT2D eigenvalue weighted by Crippen LogP contribution is -2.58. The molecule has 1 fully saturated rings. The zero-order chi connectivity index (χ0) is 32.8. The minimum absolute atomic E-state index is 0.0900. The molecule has 4 aromatic rings. The smallest absolute Gasteiger partial charge is 0.243 e. The fourth-order valence-corrected chi connectivity index (χ4v) is 8.19. The van der Waals surface area contributed by atoms with E-state index in [4.69, 9.17) is 22.1 Å². The third-order valence-electron chi connectivity index (χ3n) is 8.53. The molecule has 0 spiro atoms. The van der Waals surface area contributed by atoms with Crippen LogP contribution in [0.2, 0.25) is 5.02 Å². The van der Waals surface area contributed by atoms with E-state index in [0.717, 1.165) is 11.1 Å². The average Bonchev–Trinajstić information content (AvgIpc) is 3.06. The number of carbonyl (C=O) groups excluding carboxylic acids is 1. The maximum atomic E-state index is 15.4. The van der Waals surface area contributed by atoms with E-state index in [1.165, 1.54) is 13.2 Å². The Bertz CT molecular complexity index is 1740. The van der Waals surface area contributed by atoms with E-state index in [9.17, 15) is 13.2 Å². The summed E-state index contributed by atoms with van der Waals surface area (Å²) < 4.78 is 49.5. The van der Waals surface area contributed by atoms with Gasteiger partial charge in [-0.1, -0.05) is 60.1 Å². The number of piperazine rings is 1. The molecular weight excluding hydrogens is 627 g/mol. The van der Waals surface area contributed by atoms with E-state index in [0.29, 0.717) is 41.5 Å². The minimum atomic E-state index is -3.78. The van der Waals surface area contributed by atoms with Gasteiger partial charge in [-0.2, -0.15) is 4.31 Å². The maximum Gasteiger partial charge on any atom is 0.243 e. The molecule has 1 saturated heterocycles. The molecule has 242 valence electrons. The van der Waals surface area contributed by atoms with Crippen LogP contribution >= 0.6 is 11.6 Å². The van der Waals surface area contributed by atoms with Gasteiger partial charge in [0.05, 0.1) is 18.0 Å². The Labute approximate surface area is 274 Å². The second kappa shape index (κ2) is 14.8. The number of aromatic nitrogens is 1. The monoisotopic (exact) mass is 664 g/mol. The van der Waals surface area contributed by atoms with E-state index >= 15 is 4.39 Å². The second-order valence-electron chi connectivity index (χ2n) is 11.6. The molecular formula is C35H38ClFN4O4S. The first-order chi connectivity index (χ1) is 22.1. The van der Waals surface area contributed by atoms with Crippen LogP contribution in [0.3, 0.4) is 0 Å². The van der Waals surface area contributed by atoms with Crippen LogP contribution in [0.25, 0.3) is 0 Å². The lowest BCUT2D eigenvalue weighted by Gasteiger charge is -2.40. The molecule has 0 saturated carbocycles. The summed E-state index contributed by atoms with van der Waals surface area (Å²) in [6.07, 6.45) is 2.15. The lowest BCUT2D eigenvalue weighted by molar-refractivity contribution is -0.119. The molecule has 1 aliphatic rings. The highest BCUT2D eigenvalue weighted by atomic mass is 35.5. The number of hydrogen-bond donors (Lipinski definition) is 2. The molecule has 4 atom stereocenters. The second-order valence-corrected chi connectivity index (χ2v) is 13.8. The highest BCUT2D eigenvalue weighted by molar-refractivity contribution is 7.89. The van der Waals surface area contributed by atoms with Crippen molar-refractivity contribution in [2.75, 3.05) is 20.2 Å². The number of benzene rings is 3. The SMILES string of the molecule is COc1ccc([C@H](c2ccc(Cl)cc2)[C@H](N)C(=O)Cc2cccc(F)c2CC[C@H]2CNC[C@@H](C)N2S(=O)(=O)c2ccccc2)cn1. The number of carbonyl (C=O) groups is 1. The summed E-state index contributed by atoms with van der Waals surface area (Å²) in [4.78, 5) is 18.4. The normalized spacial score (nSPS) is 18.5. The van der Waals surface area contributed by atoms with Crippen molar-refractivity contribution in [3.8, 4) is 5.88 Å². The number of hydrogen-bond acceptors (Lipinski definition) is 7. The number of nitrogens with two attached hydrogens (primary N) is 1. The van der Waals surface area contributed by atoms with Crippen LogP contribution in [-0.4, -0.2) is 61.8 Å². The van der Waals surface area contributed by atoms with E-state index in [1.54, 1.807) is 71.2 Å². The Kier molecular flexibility index (Phi) is 10.9. The van der Waals surface area contributed by atoms with Gasteiger partial charge < -0.3 is 15.8 Å². The number of halogens is 2. The molecule has 0 radical (unpaired) electrons. The number of nitrogens with zero attached hydrogens (tertiary/aromatic N) is 2. The molecule has 8 nitrogen and oxygen atoms in total. The van der Waals surface area contributed by atoms with Crippen LogP contribution in [0.4, 0.5) is 4.39 Å². The molecule has 1 aliphatic heterocycles. The largest absolute Gasteiger partial charge is 0.481 e. The fourth-order valence-electron chi connectivity index (χ4n) is 6.20. The van der Waals surface area contributed by atoms with Crippen LogP contribution in [-0.2, 0) is 27.7 Å². The van der Waals surface area contributed by atoms with Crippen molar-refractivity contribution in [3.05, 3.63) is 124 Å². The van der Waals surface area contributed by atoms with E-state index in [1.807, 2.05) is 25.1 Å². The topological polar surface area (TPSA) is 115 Å². The summed E-state index contributed by atoms with van der Waals surface area (Å²) in [5, 5.41) is 3.87. The summed E-state index contributed by atoms with van der Waals surface area (Å²) in [5.41, 5.74) is 9.10. The average molecular weight is 665 g/mol. The Balaban J connectivity index is 1.38. The number of Topliss-reactive ketones (excluding diaryl/α,β-unsaturated/α-hetero) is 1. The number of pyridine rings is 1. The molecule has 0 aliphatic carbocycles. The Hall–Kier alpha value is -3.67. The third kappa shape index (κ3) is 7.48. The summed E-state index contributed by atoms with van der Waals surface area (Å²) in [6.45, 7) is 2.81. The van der Waals surface area contributed by atoms with Crippen molar-refractivity contribution >= 4 is 27.4 Å². The zero-order valence-electron chi connectivity index (χ0n) is 25.8. The van der Waals surface area contributed by atoms with Crippen molar-refractivity contribution in [1.82, 2.24) is 14.6 Å². The summed E-state index contributed by atoms with van der Waals surface area (Å²) >= 11 is 6.14. The van der Waals surface area contributed by atoms with Gasteiger partial charge in [-0.05, 0) is 72.4 Å². The number of methoxy groups -OCH3 is 1. The number of sulfonamides is 1. The zero-order valence-corrected chi connectivity index (χ0v) is 27.3. The molecule has 1 aromatic heterocycles. The molecule has 0 bridgehead atoms. The number of ketones is 1. The van der Waals surface area contributed by atoms with Crippen LogP contribution in [0, 0.1) is 5.82 Å². The predicted octanol–water partition coefficient (Wildman–Crippen LogP) is 5.14. The van der Waals surface area contributed by atoms with Gasteiger partial charge in [-0.3, -0.25) is 4.79 Å². The van der Waals surface area contributed by atoms with Crippen LogP contribution in [0.15, 0.2) is 96.0 Å². The molecule has 3 aromatic carbocycles. The quantitative estimate of drug-likeness (QED) is 0.216. The molecule has 46 heavy (non-hydrogen) atoms. The van der Waals surface area contributed by atoms with Gasteiger partial charge in [-0.25, -0.2) is 17.8 Å². The Morgan fingerprint density at radius 2 is 1.76 bits per heavy atom. The van der Waals surface area contributed by atoms with Crippen LogP contribution in [0.1, 0.15) is 41.5 Å². The van der Waals surface area contributed by atoms with Gasteiger partial charge in [-0.15, -0.1) is 0 Å². The van der Waals surface area contributed by atoms with Crippen LogP contribution in [0.5, 0.6) is 5.88 Å². The molecule has 3 N–H and O–H groups in total. The number of nitrogens with one attached hydrogen (secondary N) is 1. The first-order valence-corrected chi connectivity index (χ1v) is 17.0. The summed E-state index contributed by atoms with van der Waals surface area (Å²) in [6, 6.07) is 22.0. The van der Waals surface area contributed by atoms with Gasteiger partial charge >= 0.3 is 0 Å². The molecule has 5 rings (SSSR count). The van der Waals surface area contributed by atoms with Gasteiger partial charge in [0, 0.05) is 54.8 Å². The number of rotatable bonds is 12. The summed E-state index contributed by atoms with van der Waals surface area (Å²) in [7, 11) is -2.25. The standard InChI is InChI=1S/C35H38ClFN4O4S/c1-23-20-39-22-28(41(23)46(43,44)29-8-4-3-5-9-29)16-17-30-25(7-6-10-31(30)37)19-32(42)35(38)34(24-11-14-27(36)15-12-24)26-13-18-33(45-2)40-21-26/h3-15,18,21,23,28,34-35,39H,16-17,19-20,22,38H2,1-2H3/t23-,28+,34+,35-/m1/s1. The molecule has 0 amide bonds. The predicted molar refractivity (Wildman–Crippen MR) is 177 cm³/mol. The fraction of sp³-hybridized carbons (Fsp3) is 0.314. The molecule has 0 unspecified atom stereocenters. The Morgan fingerprint density at radius 3 is 2.43 bits per heavy atom. The van der Waals surface area contributed by atoms with Gasteiger partial charge in [0.25, 0.3) is 0 Å². The van der Waals surface area contributed by atoms with E-state index < -0.39 is 33.8 Å². The van der Waals surface area contributed by atoms with E-state index in [2.05, 4.69) is 10.3 Å².